The number of quaternary nitrogens is 1. The molecule has 0 aliphatic heterocycles. The monoisotopic (exact) mass is 461 g/mol. The van der Waals surface area contributed by atoms with E-state index in [2.05, 4.69) is 27.9 Å². The molecular weight excluding hydrogens is 410 g/mol. The summed E-state index contributed by atoms with van der Waals surface area (Å²) in [6, 6.07) is 0. The van der Waals surface area contributed by atoms with Crippen LogP contribution in [0.2, 0.25) is 0 Å². The molecule has 0 atom stereocenters. The third kappa shape index (κ3) is 22.4. The zero-order valence-electron chi connectivity index (χ0n) is 19.9. The van der Waals surface area contributed by atoms with Gasteiger partial charge in [-0.15, -0.1) is 0 Å². The Bertz CT molecular complexity index is 331. The van der Waals surface area contributed by atoms with E-state index >= 15 is 0 Å². The molecular formula is C25H52BrNO. The Hall–Kier alpha value is 0.110. The van der Waals surface area contributed by atoms with Crippen LogP contribution >= 0.6 is 0 Å². The van der Waals surface area contributed by atoms with Gasteiger partial charge < -0.3 is 21.5 Å². The van der Waals surface area contributed by atoms with Crippen molar-refractivity contribution in [2.45, 2.75) is 129 Å². The number of carbonyl (C=O) groups is 1. The normalized spacial score (nSPS) is 11.4. The summed E-state index contributed by atoms with van der Waals surface area (Å²) in [4.78, 5) is 12.1. The topological polar surface area (TPSA) is 17.1 Å². The lowest BCUT2D eigenvalue weighted by Crippen LogP contribution is -3.00. The van der Waals surface area contributed by atoms with Crippen LogP contribution in [0.25, 0.3) is 0 Å². The molecule has 0 unspecified atom stereocenters. The fourth-order valence-corrected chi connectivity index (χ4v) is 3.94. The van der Waals surface area contributed by atoms with E-state index in [-0.39, 0.29) is 17.0 Å². The smallest absolute Gasteiger partial charge is 0.186 e. The molecule has 0 bridgehead atoms. The third-order valence-electron chi connectivity index (χ3n) is 5.78. The minimum absolute atomic E-state index is 0. The van der Waals surface area contributed by atoms with Crippen LogP contribution in [0.1, 0.15) is 129 Å². The number of Topliss-reactive ketones (excluding diaryl/α,β-unsaturated/α-hetero) is 1. The number of hydrogen-bond acceptors (Lipinski definition) is 1. The van der Waals surface area contributed by atoms with Crippen LogP contribution in [0.4, 0.5) is 0 Å². The van der Waals surface area contributed by atoms with Crippen molar-refractivity contribution in [2.75, 3.05) is 27.2 Å². The summed E-state index contributed by atoms with van der Waals surface area (Å²) < 4.78 is 0.878. The van der Waals surface area contributed by atoms with Crippen LogP contribution in [-0.4, -0.2) is 37.5 Å². The van der Waals surface area contributed by atoms with E-state index in [9.17, 15) is 4.79 Å². The molecule has 0 rings (SSSR count). The first-order valence-electron chi connectivity index (χ1n) is 12.4. The number of carbonyl (C=O) groups excluding carboxylic acids is 1. The van der Waals surface area contributed by atoms with Crippen molar-refractivity contribution >= 4 is 5.78 Å². The number of likely N-dealkylation sites (N-methyl/N-ethyl adjacent to an activating group) is 1. The fourth-order valence-electron chi connectivity index (χ4n) is 3.94. The molecule has 0 amide bonds. The lowest BCUT2D eigenvalue weighted by molar-refractivity contribution is -0.882. The zero-order chi connectivity index (χ0) is 20.2. The molecule has 0 aromatic rings. The van der Waals surface area contributed by atoms with Crippen molar-refractivity contribution in [3.05, 3.63) is 0 Å². The Kier molecular flexibility index (Phi) is 23.6. The molecule has 0 fully saturated rings. The Balaban J connectivity index is 0. The van der Waals surface area contributed by atoms with Gasteiger partial charge in [-0.1, -0.05) is 104 Å². The summed E-state index contributed by atoms with van der Waals surface area (Å²) in [5.41, 5.74) is 0. The van der Waals surface area contributed by atoms with Crippen molar-refractivity contribution in [2.24, 2.45) is 0 Å². The predicted molar refractivity (Wildman–Crippen MR) is 121 cm³/mol. The molecule has 28 heavy (non-hydrogen) atoms. The van der Waals surface area contributed by atoms with Gasteiger partial charge in [-0.25, -0.2) is 0 Å². The number of halogens is 1. The van der Waals surface area contributed by atoms with Crippen LogP contribution in [0, 0.1) is 0 Å². The van der Waals surface area contributed by atoms with Crippen molar-refractivity contribution in [1.29, 1.82) is 0 Å². The molecule has 0 aromatic heterocycles. The van der Waals surface area contributed by atoms with Crippen LogP contribution in [0.3, 0.4) is 0 Å². The number of ketones is 1. The largest absolute Gasteiger partial charge is 1.00 e. The van der Waals surface area contributed by atoms with E-state index in [0.717, 1.165) is 30.4 Å². The lowest BCUT2D eigenvalue weighted by Gasteiger charge is -2.29. The van der Waals surface area contributed by atoms with Crippen molar-refractivity contribution in [3.8, 4) is 0 Å². The van der Waals surface area contributed by atoms with Crippen molar-refractivity contribution in [1.82, 2.24) is 0 Å². The minimum Gasteiger partial charge on any atom is -1.00 e. The van der Waals surface area contributed by atoms with Crippen molar-refractivity contribution < 1.29 is 26.3 Å². The van der Waals surface area contributed by atoms with Gasteiger partial charge in [0.25, 0.3) is 0 Å². The molecule has 0 N–H and O–H groups in total. The number of rotatable bonds is 21. The van der Waals surface area contributed by atoms with Gasteiger partial charge in [0.2, 0.25) is 0 Å². The van der Waals surface area contributed by atoms with Crippen LogP contribution < -0.4 is 17.0 Å². The molecule has 2 nitrogen and oxygen atoms in total. The maximum Gasteiger partial charge on any atom is 0.186 e. The summed E-state index contributed by atoms with van der Waals surface area (Å²) in [7, 11) is 4.44. The average molecular weight is 463 g/mol. The fraction of sp³-hybridized carbons (Fsp3) is 0.960. The minimum atomic E-state index is 0. The number of unbranched alkanes of at least 4 members (excludes halogenated alkanes) is 15. The summed E-state index contributed by atoms with van der Waals surface area (Å²) in [6.45, 7) is 6.36. The van der Waals surface area contributed by atoms with Gasteiger partial charge in [0.15, 0.2) is 5.78 Å². The maximum atomic E-state index is 12.1. The van der Waals surface area contributed by atoms with E-state index in [4.69, 9.17) is 0 Å². The quantitative estimate of drug-likeness (QED) is 0.179. The van der Waals surface area contributed by atoms with E-state index in [1.165, 1.54) is 103 Å². The molecule has 0 aliphatic carbocycles. The van der Waals surface area contributed by atoms with Gasteiger partial charge in [-0.05, 0) is 19.3 Å². The molecule has 0 spiro atoms. The second-order valence-electron chi connectivity index (χ2n) is 9.41. The highest BCUT2D eigenvalue weighted by Crippen LogP contribution is 2.13. The highest BCUT2D eigenvalue weighted by Gasteiger charge is 2.18. The highest BCUT2D eigenvalue weighted by molar-refractivity contribution is 5.79. The van der Waals surface area contributed by atoms with E-state index in [0.29, 0.717) is 5.78 Å². The average Bonchev–Trinajstić information content (AvgIpc) is 2.61. The van der Waals surface area contributed by atoms with Gasteiger partial charge >= 0.3 is 0 Å². The molecule has 170 valence electrons. The molecule has 0 aromatic carbocycles. The summed E-state index contributed by atoms with van der Waals surface area (Å²) in [6.07, 6.45) is 24.0. The second kappa shape index (κ2) is 21.8. The van der Waals surface area contributed by atoms with Crippen LogP contribution in [-0.2, 0) is 4.79 Å². The number of hydrogen-bond donors (Lipinski definition) is 0. The van der Waals surface area contributed by atoms with Gasteiger partial charge in [0, 0.05) is 6.42 Å². The number of nitrogens with zero attached hydrogens (tertiary/aromatic N) is 1. The standard InChI is InChI=1S/C25H52NO.BrH/c1-5-7-9-10-11-12-13-14-15-16-17-18-19-21-23-26(3,4)24-25(27)22-20-8-6-2;/h5-24H2,1-4H3;1H/q+1;/p-1. The molecule has 3 heteroatoms. The molecule has 0 radical (unpaired) electrons. The third-order valence-corrected chi connectivity index (χ3v) is 5.78. The van der Waals surface area contributed by atoms with Gasteiger partial charge in [0.1, 0.15) is 6.54 Å². The SMILES string of the molecule is CCCCCCCCCCCCCCCC[N+](C)(C)CC(=O)CCCCC.[Br-]. The lowest BCUT2D eigenvalue weighted by atomic mass is 10.0. The highest BCUT2D eigenvalue weighted by atomic mass is 79.9. The van der Waals surface area contributed by atoms with Crippen LogP contribution in [0.15, 0.2) is 0 Å². The Morgan fingerprint density at radius 1 is 0.571 bits per heavy atom. The first kappa shape index (κ1) is 30.3. The predicted octanol–water partition coefficient (Wildman–Crippen LogP) is 4.70. The molecule has 0 heterocycles. The maximum absolute atomic E-state index is 12.1. The van der Waals surface area contributed by atoms with Gasteiger partial charge in [-0.3, -0.25) is 4.79 Å². The van der Waals surface area contributed by atoms with Gasteiger partial charge in [0.05, 0.1) is 20.6 Å². The van der Waals surface area contributed by atoms with Crippen LogP contribution in [0.5, 0.6) is 0 Å². The molecule has 0 aliphatic rings. The summed E-state index contributed by atoms with van der Waals surface area (Å²) >= 11 is 0. The second-order valence-corrected chi connectivity index (χ2v) is 9.41. The van der Waals surface area contributed by atoms with E-state index in [1.54, 1.807) is 0 Å². The Morgan fingerprint density at radius 2 is 0.929 bits per heavy atom. The van der Waals surface area contributed by atoms with E-state index in [1.807, 2.05) is 0 Å². The summed E-state index contributed by atoms with van der Waals surface area (Å²) in [5.74, 6) is 0.457. The first-order valence-corrected chi connectivity index (χ1v) is 12.4. The molecule has 0 saturated carbocycles. The van der Waals surface area contributed by atoms with Gasteiger partial charge in [-0.2, -0.15) is 0 Å². The zero-order valence-corrected chi connectivity index (χ0v) is 21.5. The van der Waals surface area contributed by atoms with E-state index < -0.39 is 0 Å². The summed E-state index contributed by atoms with van der Waals surface area (Å²) in [5, 5.41) is 0. The first-order chi connectivity index (χ1) is 13.0. The Morgan fingerprint density at radius 3 is 1.36 bits per heavy atom. The molecule has 0 saturated heterocycles. The Labute approximate surface area is 188 Å². The van der Waals surface area contributed by atoms with Crippen molar-refractivity contribution in [3.63, 3.8) is 0 Å².